The third-order valence-corrected chi connectivity index (χ3v) is 3.63. The maximum Gasteiger partial charge on any atom is 0.0352 e. The second-order valence-electron chi connectivity index (χ2n) is 4.81. The minimum Gasteiger partial charge on any atom is -0.264 e. The van der Waals surface area contributed by atoms with Crippen LogP contribution in [0.4, 0.5) is 0 Å². The van der Waals surface area contributed by atoms with Gasteiger partial charge >= 0.3 is 0 Å². The number of fused-ring (bicyclic) bond motifs is 3. The second-order valence-corrected chi connectivity index (χ2v) is 4.81. The van der Waals surface area contributed by atoms with Gasteiger partial charge in [-0.05, 0) is 39.9 Å². The first-order valence-corrected chi connectivity index (χ1v) is 6.59. The van der Waals surface area contributed by atoms with Gasteiger partial charge in [0.1, 0.15) is 0 Å². The van der Waals surface area contributed by atoms with Crippen molar-refractivity contribution in [3.05, 3.63) is 73.3 Å². The van der Waals surface area contributed by atoms with E-state index in [4.69, 9.17) is 0 Å². The average Bonchev–Trinajstić information content (AvgIpc) is 2.55. The molecule has 0 bridgehead atoms. The summed E-state index contributed by atoms with van der Waals surface area (Å²) in [5, 5.41) is 4.87. The normalized spacial score (nSPS) is 10.5. The standard InChI is InChI=1S/C18H12N2.Na/c1-2-6-15-13(4-1)10-17(14-5-3-8-19-11-14)16-7-9-20-12-18(15)16;/h1-12H;. The molecule has 2 aromatic heterocycles. The Balaban J connectivity index is 0.00000132. The summed E-state index contributed by atoms with van der Waals surface area (Å²) in [6.45, 7) is 0. The third kappa shape index (κ3) is 2.46. The van der Waals surface area contributed by atoms with Crippen molar-refractivity contribution in [3.63, 3.8) is 0 Å². The summed E-state index contributed by atoms with van der Waals surface area (Å²) < 4.78 is 0. The predicted octanol–water partition coefficient (Wildman–Crippen LogP) is 4.07. The van der Waals surface area contributed by atoms with Gasteiger partial charge in [0, 0.05) is 65.3 Å². The maximum atomic E-state index is 4.28. The van der Waals surface area contributed by atoms with E-state index in [-0.39, 0.29) is 29.6 Å². The van der Waals surface area contributed by atoms with E-state index >= 15 is 0 Å². The molecule has 0 atom stereocenters. The molecule has 95 valence electrons. The fraction of sp³-hybridized carbons (Fsp3) is 0. The summed E-state index contributed by atoms with van der Waals surface area (Å²) in [6, 6.07) is 16.8. The van der Waals surface area contributed by atoms with Crippen LogP contribution < -0.4 is 0 Å². The first-order chi connectivity index (χ1) is 9.93. The third-order valence-electron chi connectivity index (χ3n) is 3.63. The predicted molar refractivity (Wildman–Crippen MR) is 88.2 cm³/mol. The van der Waals surface area contributed by atoms with Crippen molar-refractivity contribution in [1.29, 1.82) is 0 Å². The van der Waals surface area contributed by atoms with Gasteiger partial charge in [-0.3, -0.25) is 9.97 Å². The Labute approximate surface area is 145 Å². The molecule has 0 saturated heterocycles. The molecule has 0 amide bonds. The van der Waals surface area contributed by atoms with Crippen LogP contribution in [-0.2, 0) is 0 Å². The molecule has 2 aromatic carbocycles. The van der Waals surface area contributed by atoms with Crippen molar-refractivity contribution in [2.45, 2.75) is 0 Å². The van der Waals surface area contributed by atoms with Crippen LogP contribution >= 0.6 is 0 Å². The van der Waals surface area contributed by atoms with Crippen molar-refractivity contribution in [3.8, 4) is 11.1 Å². The van der Waals surface area contributed by atoms with Crippen LogP contribution in [0.15, 0.2) is 73.3 Å². The van der Waals surface area contributed by atoms with Gasteiger partial charge in [-0.1, -0.05) is 30.3 Å². The van der Waals surface area contributed by atoms with E-state index in [9.17, 15) is 0 Å². The zero-order valence-corrected chi connectivity index (χ0v) is 13.8. The summed E-state index contributed by atoms with van der Waals surface area (Å²) in [6.07, 6.45) is 7.49. The van der Waals surface area contributed by atoms with Crippen LogP contribution in [-0.4, -0.2) is 39.5 Å². The quantitative estimate of drug-likeness (QED) is 0.388. The Kier molecular flexibility index (Phi) is 4.02. The Morgan fingerprint density at radius 1 is 0.667 bits per heavy atom. The molecule has 3 heteroatoms. The van der Waals surface area contributed by atoms with E-state index in [2.05, 4.69) is 52.4 Å². The Morgan fingerprint density at radius 3 is 2.38 bits per heavy atom. The topological polar surface area (TPSA) is 25.8 Å². The van der Waals surface area contributed by atoms with E-state index in [1.165, 1.54) is 27.1 Å². The molecule has 4 aromatic rings. The summed E-state index contributed by atoms with van der Waals surface area (Å²) >= 11 is 0. The van der Waals surface area contributed by atoms with Gasteiger partial charge in [-0.15, -0.1) is 0 Å². The molecule has 21 heavy (non-hydrogen) atoms. The molecular formula is C18H12N2Na. The largest absolute Gasteiger partial charge is 0.264 e. The molecule has 1 radical (unpaired) electrons. The molecule has 0 saturated carbocycles. The van der Waals surface area contributed by atoms with Crippen LogP contribution in [0.25, 0.3) is 32.7 Å². The molecular weight excluding hydrogens is 267 g/mol. The minimum atomic E-state index is 0. The Bertz CT molecular complexity index is 904. The van der Waals surface area contributed by atoms with Crippen molar-refractivity contribution >= 4 is 51.1 Å². The molecule has 0 unspecified atom stereocenters. The van der Waals surface area contributed by atoms with E-state index < -0.39 is 0 Å². The summed E-state index contributed by atoms with van der Waals surface area (Å²) in [5.41, 5.74) is 2.34. The summed E-state index contributed by atoms with van der Waals surface area (Å²) in [7, 11) is 0. The fourth-order valence-electron chi connectivity index (χ4n) is 2.71. The number of aromatic nitrogens is 2. The zero-order chi connectivity index (χ0) is 13.4. The van der Waals surface area contributed by atoms with Crippen LogP contribution in [0, 0.1) is 0 Å². The van der Waals surface area contributed by atoms with Crippen LogP contribution in [0.1, 0.15) is 0 Å². The smallest absolute Gasteiger partial charge is 0.0352 e. The fourth-order valence-corrected chi connectivity index (χ4v) is 2.71. The molecule has 0 aliphatic heterocycles. The number of hydrogen-bond donors (Lipinski definition) is 0. The number of hydrogen-bond acceptors (Lipinski definition) is 2. The first kappa shape index (κ1) is 14.2. The maximum absolute atomic E-state index is 4.28. The molecule has 2 heterocycles. The SMILES string of the molecule is [Na].c1cncc(-c2cc3ccccc3c3cnccc23)c1. The van der Waals surface area contributed by atoms with E-state index in [1.807, 2.05) is 24.7 Å². The molecule has 0 fully saturated rings. The van der Waals surface area contributed by atoms with Crippen molar-refractivity contribution in [2.24, 2.45) is 0 Å². The number of nitrogens with zero attached hydrogens (tertiary/aromatic N) is 2. The molecule has 0 aliphatic carbocycles. The van der Waals surface area contributed by atoms with Crippen molar-refractivity contribution < 1.29 is 0 Å². The summed E-state index contributed by atoms with van der Waals surface area (Å²) in [5.74, 6) is 0. The second kappa shape index (κ2) is 5.94. The summed E-state index contributed by atoms with van der Waals surface area (Å²) in [4.78, 5) is 8.51. The van der Waals surface area contributed by atoms with E-state index in [1.54, 1.807) is 6.20 Å². The van der Waals surface area contributed by atoms with E-state index in [0.717, 1.165) is 5.56 Å². The van der Waals surface area contributed by atoms with Gasteiger partial charge in [-0.2, -0.15) is 0 Å². The molecule has 0 aliphatic rings. The molecule has 2 nitrogen and oxygen atoms in total. The number of pyridine rings is 2. The van der Waals surface area contributed by atoms with Crippen LogP contribution in [0.3, 0.4) is 0 Å². The monoisotopic (exact) mass is 279 g/mol. The van der Waals surface area contributed by atoms with E-state index in [0.29, 0.717) is 0 Å². The molecule has 0 spiro atoms. The van der Waals surface area contributed by atoms with Gasteiger partial charge in [0.05, 0.1) is 0 Å². The van der Waals surface area contributed by atoms with Gasteiger partial charge < -0.3 is 0 Å². The van der Waals surface area contributed by atoms with Gasteiger partial charge in [0.2, 0.25) is 0 Å². The number of benzene rings is 2. The zero-order valence-electron chi connectivity index (χ0n) is 11.8. The number of rotatable bonds is 1. The molecule has 4 rings (SSSR count). The molecule has 0 N–H and O–H groups in total. The van der Waals surface area contributed by atoms with Gasteiger partial charge in [0.15, 0.2) is 0 Å². The van der Waals surface area contributed by atoms with Gasteiger partial charge in [-0.25, -0.2) is 0 Å². The van der Waals surface area contributed by atoms with Crippen LogP contribution in [0.2, 0.25) is 0 Å². The van der Waals surface area contributed by atoms with Gasteiger partial charge in [0.25, 0.3) is 0 Å². The first-order valence-electron chi connectivity index (χ1n) is 6.59. The average molecular weight is 279 g/mol. The Hall–Kier alpha value is -1.74. The van der Waals surface area contributed by atoms with Crippen molar-refractivity contribution in [2.75, 3.05) is 0 Å². The Morgan fingerprint density at radius 2 is 1.52 bits per heavy atom. The van der Waals surface area contributed by atoms with Crippen molar-refractivity contribution in [1.82, 2.24) is 9.97 Å². The minimum absolute atomic E-state index is 0. The van der Waals surface area contributed by atoms with Crippen LogP contribution in [0.5, 0.6) is 0 Å².